The number of aryl methyl sites for hydroxylation is 1. The van der Waals surface area contributed by atoms with Crippen LogP contribution in [0.15, 0.2) is 55.1 Å². The molecular weight excluding hydrogens is 258 g/mol. The molecule has 0 amide bonds. The van der Waals surface area contributed by atoms with Crippen LogP contribution in [0.25, 0.3) is 0 Å². The normalized spacial score (nSPS) is 11.2. The largest absolute Gasteiger partial charge is 0.478 e. The Bertz CT molecular complexity index is 438. The molecule has 5 nitrogen and oxygen atoms in total. The van der Waals surface area contributed by atoms with Crippen LogP contribution in [0.3, 0.4) is 0 Å². The highest BCUT2D eigenvalue weighted by molar-refractivity contribution is 5.89. The fraction of sp³-hybridized carbons (Fsp3) is 0.200. The summed E-state index contributed by atoms with van der Waals surface area (Å²) in [7, 11) is 0. The zero-order valence-electron chi connectivity index (χ0n) is 11.1. The van der Waals surface area contributed by atoms with Gasteiger partial charge in [-0.15, -0.1) is 6.58 Å². The quantitative estimate of drug-likeness (QED) is 0.544. The van der Waals surface area contributed by atoms with Gasteiger partial charge in [-0.2, -0.15) is 0 Å². The van der Waals surface area contributed by atoms with Gasteiger partial charge in [-0.05, 0) is 18.4 Å². The topological polar surface area (TPSA) is 101 Å². The van der Waals surface area contributed by atoms with Crippen LogP contribution in [0.1, 0.15) is 12.0 Å². The number of hydrogen-bond donors (Lipinski definition) is 3. The summed E-state index contributed by atoms with van der Waals surface area (Å²) < 4.78 is 0. The molecule has 0 aromatic heterocycles. The number of rotatable bonds is 6. The Morgan fingerprint density at radius 2 is 1.65 bits per heavy atom. The van der Waals surface area contributed by atoms with Crippen molar-refractivity contribution < 1.29 is 19.8 Å². The molecule has 0 radical (unpaired) electrons. The van der Waals surface area contributed by atoms with Crippen molar-refractivity contribution in [3.63, 3.8) is 0 Å². The Kier molecular flexibility index (Phi) is 9.25. The Morgan fingerprint density at radius 1 is 1.15 bits per heavy atom. The fourth-order valence-corrected chi connectivity index (χ4v) is 1.24. The minimum absolute atomic E-state index is 0.130. The van der Waals surface area contributed by atoms with Crippen LogP contribution in [0.5, 0.6) is 0 Å². The van der Waals surface area contributed by atoms with E-state index in [9.17, 15) is 9.59 Å². The first kappa shape index (κ1) is 17.6. The molecule has 0 bridgehead atoms. The molecule has 1 aromatic rings. The van der Waals surface area contributed by atoms with Gasteiger partial charge in [-0.25, -0.2) is 9.59 Å². The van der Waals surface area contributed by atoms with E-state index in [-0.39, 0.29) is 6.04 Å². The van der Waals surface area contributed by atoms with Gasteiger partial charge in [0.15, 0.2) is 0 Å². The van der Waals surface area contributed by atoms with Gasteiger partial charge in [0.05, 0.1) is 0 Å². The maximum Gasteiger partial charge on any atom is 0.328 e. The highest BCUT2D eigenvalue weighted by Gasteiger charge is 1.96. The second-order valence-corrected chi connectivity index (χ2v) is 3.93. The van der Waals surface area contributed by atoms with E-state index in [0.717, 1.165) is 12.8 Å². The summed E-state index contributed by atoms with van der Waals surface area (Å²) >= 11 is 0. The Labute approximate surface area is 118 Å². The summed E-state index contributed by atoms with van der Waals surface area (Å²) in [5, 5.41) is 15.6. The van der Waals surface area contributed by atoms with Crippen molar-refractivity contribution in [2.24, 2.45) is 5.73 Å². The van der Waals surface area contributed by atoms with Gasteiger partial charge in [-0.3, -0.25) is 0 Å². The first-order valence-electron chi connectivity index (χ1n) is 6.01. The average molecular weight is 277 g/mol. The summed E-state index contributed by atoms with van der Waals surface area (Å²) in [6.07, 6.45) is 4.93. The van der Waals surface area contributed by atoms with Gasteiger partial charge in [0.1, 0.15) is 0 Å². The Hall–Kier alpha value is -2.40. The highest BCUT2D eigenvalue weighted by atomic mass is 16.4. The third kappa shape index (κ3) is 10.7. The van der Waals surface area contributed by atoms with Crippen LogP contribution in [-0.2, 0) is 16.0 Å². The first-order valence-corrected chi connectivity index (χ1v) is 6.01. The van der Waals surface area contributed by atoms with Crippen molar-refractivity contribution in [1.82, 2.24) is 0 Å². The molecule has 20 heavy (non-hydrogen) atoms. The van der Waals surface area contributed by atoms with Gasteiger partial charge in [-0.1, -0.05) is 36.4 Å². The van der Waals surface area contributed by atoms with E-state index >= 15 is 0 Å². The van der Waals surface area contributed by atoms with Crippen LogP contribution in [0, 0.1) is 0 Å². The standard InChI is InChI=1S/C11H15N.C4H4O4/c1-2-11(12)9-8-10-6-4-3-5-7-10;5-3(6)1-2-4(7)8/h2-7,11H,1,8-9,12H2;1-2H,(H,5,6)(H,7,8)/b;2-1-/t11-;/m1./s1. The molecule has 0 saturated carbocycles. The lowest BCUT2D eigenvalue weighted by Gasteiger charge is -2.04. The zero-order chi connectivity index (χ0) is 15.4. The molecule has 1 atom stereocenters. The van der Waals surface area contributed by atoms with Gasteiger partial charge < -0.3 is 15.9 Å². The zero-order valence-corrected chi connectivity index (χ0v) is 11.1. The van der Waals surface area contributed by atoms with Crippen LogP contribution in [0.2, 0.25) is 0 Å². The van der Waals surface area contributed by atoms with Crippen LogP contribution in [-0.4, -0.2) is 28.2 Å². The Balaban J connectivity index is 0.000000396. The monoisotopic (exact) mass is 277 g/mol. The minimum Gasteiger partial charge on any atom is -0.478 e. The molecule has 0 aliphatic rings. The third-order valence-corrected chi connectivity index (χ3v) is 2.28. The summed E-state index contributed by atoms with van der Waals surface area (Å²) in [6.45, 7) is 3.65. The lowest BCUT2D eigenvalue weighted by molar-refractivity contribution is -0.134. The Morgan fingerprint density at radius 3 is 2.05 bits per heavy atom. The van der Waals surface area contributed by atoms with E-state index in [0.29, 0.717) is 12.2 Å². The van der Waals surface area contributed by atoms with E-state index in [1.54, 1.807) is 6.08 Å². The lowest BCUT2D eigenvalue weighted by atomic mass is 10.1. The second kappa shape index (κ2) is 10.5. The summed E-state index contributed by atoms with van der Waals surface area (Å²) in [5.41, 5.74) is 7.05. The fourth-order valence-electron chi connectivity index (χ4n) is 1.24. The molecule has 108 valence electrons. The first-order chi connectivity index (χ1) is 9.45. The van der Waals surface area contributed by atoms with Crippen LogP contribution in [0.4, 0.5) is 0 Å². The van der Waals surface area contributed by atoms with Crippen LogP contribution >= 0.6 is 0 Å². The summed E-state index contributed by atoms with van der Waals surface area (Å²) in [4.78, 5) is 19.1. The molecule has 0 saturated heterocycles. The maximum atomic E-state index is 9.55. The van der Waals surface area contributed by atoms with Crippen molar-refractivity contribution in [2.75, 3.05) is 0 Å². The number of aliphatic carboxylic acids is 2. The smallest absolute Gasteiger partial charge is 0.328 e. The molecule has 0 fully saturated rings. The van der Waals surface area contributed by atoms with Crippen molar-refractivity contribution in [2.45, 2.75) is 18.9 Å². The van der Waals surface area contributed by atoms with E-state index in [4.69, 9.17) is 15.9 Å². The van der Waals surface area contributed by atoms with Crippen molar-refractivity contribution >= 4 is 11.9 Å². The number of benzene rings is 1. The molecule has 1 aromatic carbocycles. The summed E-state index contributed by atoms with van der Waals surface area (Å²) in [6, 6.07) is 10.5. The van der Waals surface area contributed by atoms with Gasteiger partial charge >= 0.3 is 11.9 Å². The predicted molar refractivity (Wildman–Crippen MR) is 77.3 cm³/mol. The number of nitrogens with two attached hydrogens (primary N) is 1. The molecule has 0 spiro atoms. The van der Waals surface area contributed by atoms with Crippen molar-refractivity contribution in [3.05, 3.63) is 60.7 Å². The van der Waals surface area contributed by atoms with Crippen molar-refractivity contribution in [3.8, 4) is 0 Å². The molecule has 5 heteroatoms. The summed E-state index contributed by atoms with van der Waals surface area (Å²) in [5.74, 6) is -2.51. The molecule has 1 rings (SSSR count). The number of hydrogen-bond acceptors (Lipinski definition) is 3. The second-order valence-electron chi connectivity index (χ2n) is 3.93. The van der Waals surface area contributed by atoms with Gasteiger partial charge in [0.2, 0.25) is 0 Å². The average Bonchev–Trinajstić information content (AvgIpc) is 2.44. The van der Waals surface area contributed by atoms with Crippen LogP contribution < -0.4 is 5.73 Å². The number of carbonyl (C=O) groups is 2. The minimum atomic E-state index is -1.26. The number of carboxylic acid groups (broad SMARTS) is 2. The molecule has 0 aliphatic carbocycles. The van der Waals surface area contributed by atoms with E-state index in [1.807, 2.05) is 6.07 Å². The SMILES string of the molecule is C=C[C@@H](N)CCc1ccccc1.O=C(O)/C=C\C(=O)O. The third-order valence-electron chi connectivity index (χ3n) is 2.28. The van der Waals surface area contributed by atoms with E-state index < -0.39 is 11.9 Å². The number of carboxylic acids is 2. The van der Waals surface area contributed by atoms with E-state index in [1.165, 1.54) is 5.56 Å². The molecule has 0 heterocycles. The van der Waals surface area contributed by atoms with Crippen molar-refractivity contribution in [1.29, 1.82) is 0 Å². The molecule has 4 N–H and O–H groups in total. The van der Waals surface area contributed by atoms with Gasteiger partial charge in [0.25, 0.3) is 0 Å². The predicted octanol–water partition coefficient (Wildman–Crippen LogP) is 1.84. The maximum absolute atomic E-state index is 9.55. The highest BCUT2D eigenvalue weighted by Crippen LogP contribution is 2.03. The van der Waals surface area contributed by atoms with E-state index in [2.05, 4.69) is 30.8 Å². The van der Waals surface area contributed by atoms with Gasteiger partial charge in [0, 0.05) is 18.2 Å². The lowest BCUT2D eigenvalue weighted by Crippen LogP contribution is -2.16. The molecule has 0 aliphatic heterocycles. The molecular formula is C15H19NO4. The molecule has 0 unspecified atom stereocenters.